The van der Waals surface area contributed by atoms with Gasteiger partial charge in [-0.25, -0.2) is 0 Å². The monoisotopic (exact) mass is 209 g/mol. The first-order valence-electron chi connectivity index (χ1n) is 4.77. The van der Waals surface area contributed by atoms with E-state index in [9.17, 15) is 0 Å². The van der Waals surface area contributed by atoms with Crippen LogP contribution in [0.1, 0.15) is 12.5 Å². The number of benzene rings is 1. The number of rotatable bonds is 4. The minimum absolute atomic E-state index is 0.489. The molecule has 1 rings (SSSR count). The first-order chi connectivity index (χ1) is 6.83. The fraction of sp³-hybridized carbons (Fsp3) is 0.364. The van der Waals surface area contributed by atoms with E-state index in [1.54, 1.807) is 0 Å². The average Bonchev–Trinajstić information content (AvgIpc) is 2.20. The minimum Gasteiger partial charge on any atom is -0.471 e. The minimum atomic E-state index is 0.489. The number of hydrogen-bond donors (Lipinski definition) is 1. The largest absolute Gasteiger partial charge is 0.471 e. The van der Waals surface area contributed by atoms with Crippen molar-refractivity contribution in [2.24, 2.45) is 0 Å². The Kier molecular flexibility index (Phi) is 5.00. The van der Waals surface area contributed by atoms with Crippen molar-refractivity contribution in [3.63, 3.8) is 0 Å². The molecule has 0 heterocycles. The van der Waals surface area contributed by atoms with Crippen LogP contribution in [0.2, 0.25) is 0 Å². The highest BCUT2D eigenvalue weighted by Crippen LogP contribution is 1.98. The Labute approximate surface area is 90.3 Å². The molecule has 0 saturated heterocycles. The van der Waals surface area contributed by atoms with Gasteiger partial charge in [-0.05, 0) is 31.1 Å². The maximum absolute atomic E-state index is 5.10. The summed E-state index contributed by atoms with van der Waals surface area (Å²) in [4.78, 5) is 0. The summed E-state index contributed by atoms with van der Waals surface area (Å²) in [5.41, 5.74) is 1.30. The zero-order chi connectivity index (χ0) is 10.2. The molecule has 0 unspecified atom stereocenters. The van der Waals surface area contributed by atoms with Crippen molar-refractivity contribution in [1.82, 2.24) is 5.32 Å². The molecule has 1 aromatic rings. The molecule has 0 spiro atoms. The van der Waals surface area contributed by atoms with Gasteiger partial charge in [0.2, 0.25) is 0 Å². The standard InChI is InChI=1S/C11H15NOS/c1-2-13-11(14)12-9-8-10-6-4-3-5-7-10/h3-7H,2,8-9H2,1H3,(H,12,14). The lowest BCUT2D eigenvalue weighted by Crippen LogP contribution is -2.26. The Morgan fingerprint density at radius 1 is 1.36 bits per heavy atom. The summed E-state index contributed by atoms with van der Waals surface area (Å²) in [6.45, 7) is 3.37. The van der Waals surface area contributed by atoms with Crippen molar-refractivity contribution in [2.45, 2.75) is 13.3 Å². The molecule has 2 nitrogen and oxygen atoms in total. The van der Waals surface area contributed by atoms with Crippen LogP contribution < -0.4 is 5.32 Å². The predicted octanol–water partition coefficient (Wildman–Crippen LogP) is 2.14. The Morgan fingerprint density at radius 2 is 2.07 bits per heavy atom. The van der Waals surface area contributed by atoms with E-state index in [2.05, 4.69) is 17.4 Å². The molecule has 0 aliphatic carbocycles. The average molecular weight is 209 g/mol. The first-order valence-corrected chi connectivity index (χ1v) is 5.18. The van der Waals surface area contributed by atoms with E-state index >= 15 is 0 Å². The molecule has 1 aromatic carbocycles. The fourth-order valence-electron chi connectivity index (χ4n) is 1.14. The summed E-state index contributed by atoms with van der Waals surface area (Å²) in [7, 11) is 0. The molecule has 1 N–H and O–H groups in total. The van der Waals surface area contributed by atoms with Gasteiger partial charge in [0.05, 0.1) is 6.61 Å². The quantitative estimate of drug-likeness (QED) is 0.768. The second kappa shape index (κ2) is 6.38. The number of nitrogens with one attached hydrogen (secondary N) is 1. The molecule has 0 amide bonds. The molecule has 0 aliphatic heterocycles. The van der Waals surface area contributed by atoms with Gasteiger partial charge in [0, 0.05) is 6.54 Å². The van der Waals surface area contributed by atoms with Gasteiger partial charge in [-0.1, -0.05) is 30.3 Å². The van der Waals surface area contributed by atoms with Crippen molar-refractivity contribution in [3.8, 4) is 0 Å². The molecule has 0 saturated carbocycles. The Morgan fingerprint density at radius 3 is 2.71 bits per heavy atom. The Balaban J connectivity index is 2.19. The number of ether oxygens (including phenoxy) is 1. The third-order valence-corrected chi connectivity index (χ3v) is 2.06. The zero-order valence-electron chi connectivity index (χ0n) is 8.32. The summed E-state index contributed by atoms with van der Waals surface area (Å²) in [5.74, 6) is 0. The van der Waals surface area contributed by atoms with Gasteiger partial charge < -0.3 is 10.1 Å². The summed E-state index contributed by atoms with van der Waals surface area (Å²) < 4.78 is 5.10. The third-order valence-electron chi connectivity index (χ3n) is 1.80. The van der Waals surface area contributed by atoms with Gasteiger partial charge in [-0.2, -0.15) is 0 Å². The highest BCUT2D eigenvalue weighted by Gasteiger charge is 1.94. The maximum atomic E-state index is 5.10. The van der Waals surface area contributed by atoms with Crippen LogP contribution in [0.5, 0.6) is 0 Å². The summed E-state index contributed by atoms with van der Waals surface area (Å²) in [6, 6.07) is 10.3. The lowest BCUT2D eigenvalue weighted by Gasteiger charge is -2.07. The topological polar surface area (TPSA) is 21.3 Å². The van der Waals surface area contributed by atoms with Crippen LogP contribution >= 0.6 is 12.2 Å². The molecule has 0 atom stereocenters. The van der Waals surface area contributed by atoms with Gasteiger partial charge in [0.15, 0.2) is 0 Å². The van der Waals surface area contributed by atoms with Crippen molar-refractivity contribution in [2.75, 3.05) is 13.2 Å². The zero-order valence-corrected chi connectivity index (χ0v) is 9.14. The summed E-state index contributed by atoms with van der Waals surface area (Å²) in [6.07, 6.45) is 0.966. The highest BCUT2D eigenvalue weighted by molar-refractivity contribution is 7.80. The summed E-state index contributed by atoms with van der Waals surface area (Å²) >= 11 is 4.94. The van der Waals surface area contributed by atoms with E-state index in [-0.39, 0.29) is 0 Å². The van der Waals surface area contributed by atoms with Gasteiger partial charge in [0.25, 0.3) is 5.17 Å². The van der Waals surface area contributed by atoms with Crippen LogP contribution in [0.25, 0.3) is 0 Å². The van der Waals surface area contributed by atoms with Crippen molar-refractivity contribution in [1.29, 1.82) is 0 Å². The molecular weight excluding hydrogens is 194 g/mol. The van der Waals surface area contributed by atoms with Crippen molar-refractivity contribution >= 4 is 17.4 Å². The molecule has 0 bridgehead atoms. The summed E-state index contributed by atoms with van der Waals surface area (Å²) in [5, 5.41) is 3.53. The van der Waals surface area contributed by atoms with E-state index < -0.39 is 0 Å². The lowest BCUT2D eigenvalue weighted by atomic mass is 10.2. The molecule has 3 heteroatoms. The third kappa shape index (κ3) is 4.23. The van der Waals surface area contributed by atoms with E-state index in [0.717, 1.165) is 13.0 Å². The van der Waals surface area contributed by atoms with E-state index in [1.165, 1.54) is 5.56 Å². The second-order valence-electron chi connectivity index (χ2n) is 2.88. The fourth-order valence-corrected chi connectivity index (χ4v) is 1.36. The van der Waals surface area contributed by atoms with Crippen molar-refractivity contribution in [3.05, 3.63) is 35.9 Å². The Bertz CT molecular complexity index is 274. The molecule has 0 radical (unpaired) electrons. The maximum Gasteiger partial charge on any atom is 0.256 e. The molecule has 76 valence electrons. The second-order valence-corrected chi connectivity index (χ2v) is 3.25. The normalized spacial score (nSPS) is 9.50. The number of thiocarbonyl (C=S) groups is 1. The van der Waals surface area contributed by atoms with E-state index in [0.29, 0.717) is 11.8 Å². The first kappa shape index (κ1) is 11.0. The molecule has 14 heavy (non-hydrogen) atoms. The SMILES string of the molecule is CCOC(=S)NCCc1ccccc1. The number of hydrogen-bond acceptors (Lipinski definition) is 2. The highest BCUT2D eigenvalue weighted by atomic mass is 32.1. The molecule has 0 aromatic heterocycles. The van der Waals surface area contributed by atoms with Crippen LogP contribution in [0.3, 0.4) is 0 Å². The van der Waals surface area contributed by atoms with Crippen LogP contribution in [0.15, 0.2) is 30.3 Å². The van der Waals surface area contributed by atoms with Crippen LogP contribution in [-0.4, -0.2) is 18.3 Å². The van der Waals surface area contributed by atoms with E-state index in [4.69, 9.17) is 17.0 Å². The van der Waals surface area contributed by atoms with Gasteiger partial charge in [-0.3, -0.25) is 0 Å². The lowest BCUT2D eigenvalue weighted by molar-refractivity contribution is 0.320. The predicted molar refractivity (Wildman–Crippen MR) is 62.4 cm³/mol. The van der Waals surface area contributed by atoms with Gasteiger partial charge in [-0.15, -0.1) is 0 Å². The molecule has 0 fully saturated rings. The van der Waals surface area contributed by atoms with Crippen LogP contribution in [-0.2, 0) is 11.2 Å². The van der Waals surface area contributed by atoms with Crippen LogP contribution in [0.4, 0.5) is 0 Å². The molecule has 0 aliphatic rings. The van der Waals surface area contributed by atoms with Crippen LogP contribution in [0, 0.1) is 0 Å². The van der Waals surface area contributed by atoms with E-state index in [1.807, 2.05) is 25.1 Å². The Hall–Kier alpha value is -1.09. The smallest absolute Gasteiger partial charge is 0.256 e. The van der Waals surface area contributed by atoms with Gasteiger partial charge >= 0.3 is 0 Å². The molecular formula is C11H15NOS. The van der Waals surface area contributed by atoms with Gasteiger partial charge in [0.1, 0.15) is 0 Å². The van der Waals surface area contributed by atoms with Crippen molar-refractivity contribution < 1.29 is 4.74 Å².